The van der Waals surface area contributed by atoms with Gasteiger partial charge in [-0.1, -0.05) is 17.7 Å². The number of nitrogens with zero attached hydrogens (tertiary/aromatic N) is 3. The number of fused-ring (bicyclic) bond motifs is 2. The Kier molecular flexibility index (Phi) is 5.91. The van der Waals surface area contributed by atoms with Crippen LogP contribution in [0.25, 0.3) is 0 Å². The molecule has 2 aliphatic rings. The molecule has 2 aromatic rings. The zero-order valence-electron chi connectivity index (χ0n) is 16.1. The van der Waals surface area contributed by atoms with Gasteiger partial charge in [-0.2, -0.15) is 4.31 Å². The molecular formula is C20H23N3O4S2. The summed E-state index contributed by atoms with van der Waals surface area (Å²) in [5.74, 6) is 0.384. The first-order chi connectivity index (χ1) is 13.9. The molecule has 0 N–H and O–H groups in total. The number of rotatable bonds is 5. The summed E-state index contributed by atoms with van der Waals surface area (Å²) in [6.07, 6.45) is 2.79. The van der Waals surface area contributed by atoms with Gasteiger partial charge in [0.1, 0.15) is 0 Å². The summed E-state index contributed by atoms with van der Waals surface area (Å²) in [6.45, 7) is 3.26. The number of aromatic nitrogens is 1. The summed E-state index contributed by atoms with van der Waals surface area (Å²) in [6, 6.07) is 10.6. The van der Waals surface area contributed by atoms with Crippen molar-refractivity contribution in [2.75, 3.05) is 31.9 Å². The lowest BCUT2D eigenvalue weighted by Crippen LogP contribution is -2.61. The van der Waals surface area contributed by atoms with Gasteiger partial charge >= 0.3 is 0 Å². The maximum absolute atomic E-state index is 13.0. The van der Waals surface area contributed by atoms with Crippen LogP contribution in [-0.4, -0.2) is 72.7 Å². The molecule has 7 nitrogen and oxygen atoms in total. The van der Waals surface area contributed by atoms with E-state index in [1.54, 1.807) is 41.6 Å². The number of hydrogen-bond acceptors (Lipinski definition) is 6. The number of ether oxygens (including phenoxy) is 1. The van der Waals surface area contributed by atoms with Gasteiger partial charge in [0.2, 0.25) is 15.9 Å². The van der Waals surface area contributed by atoms with E-state index in [1.165, 1.54) is 16.1 Å². The number of benzene rings is 1. The third kappa shape index (κ3) is 4.63. The van der Waals surface area contributed by atoms with Crippen LogP contribution in [-0.2, 0) is 19.6 Å². The fourth-order valence-corrected chi connectivity index (χ4v) is 5.87. The molecule has 1 amide bonds. The van der Waals surface area contributed by atoms with E-state index in [2.05, 4.69) is 4.98 Å². The van der Waals surface area contributed by atoms with Crippen LogP contribution in [0.3, 0.4) is 0 Å². The monoisotopic (exact) mass is 433 g/mol. The van der Waals surface area contributed by atoms with Crippen LogP contribution in [0, 0.1) is 6.92 Å². The molecule has 9 heteroatoms. The largest absolute Gasteiger partial charge is 0.369 e. The first kappa shape index (κ1) is 20.3. The van der Waals surface area contributed by atoms with Crippen LogP contribution in [0.4, 0.5) is 0 Å². The van der Waals surface area contributed by atoms with Gasteiger partial charge in [-0.3, -0.25) is 9.78 Å². The van der Waals surface area contributed by atoms with E-state index in [4.69, 9.17) is 4.74 Å². The minimum atomic E-state index is -3.56. The van der Waals surface area contributed by atoms with Gasteiger partial charge in [0.15, 0.2) is 0 Å². The van der Waals surface area contributed by atoms with Crippen molar-refractivity contribution in [3.8, 4) is 0 Å². The molecule has 2 fully saturated rings. The number of pyridine rings is 1. The summed E-state index contributed by atoms with van der Waals surface area (Å²) >= 11 is 1.48. The Morgan fingerprint density at radius 3 is 2.31 bits per heavy atom. The zero-order chi connectivity index (χ0) is 20.4. The number of sulfonamides is 1. The average molecular weight is 434 g/mol. The summed E-state index contributed by atoms with van der Waals surface area (Å²) in [7, 11) is -3.56. The Labute approximate surface area is 175 Å². The van der Waals surface area contributed by atoms with Crippen molar-refractivity contribution in [3.63, 3.8) is 0 Å². The summed E-state index contributed by atoms with van der Waals surface area (Å²) in [5.41, 5.74) is 1.02. The number of amides is 1. The topological polar surface area (TPSA) is 79.8 Å². The van der Waals surface area contributed by atoms with Gasteiger partial charge < -0.3 is 9.64 Å². The van der Waals surface area contributed by atoms with E-state index < -0.39 is 10.0 Å². The molecule has 1 aromatic heterocycles. The quantitative estimate of drug-likeness (QED) is 0.669. The lowest BCUT2D eigenvalue weighted by molar-refractivity contribution is -0.152. The van der Waals surface area contributed by atoms with Gasteiger partial charge in [-0.15, -0.1) is 11.8 Å². The van der Waals surface area contributed by atoms with E-state index in [-0.39, 0.29) is 31.2 Å². The van der Waals surface area contributed by atoms with Crippen molar-refractivity contribution in [2.45, 2.75) is 28.9 Å². The predicted molar refractivity (Wildman–Crippen MR) is 110 cm³/mol. The first-order valence-electron chi connectivity index (χ1n) is 9.45. The highest BCUT2D eigenvalue weighted by atomic mass is 32.2. The molecule has 2 aliphatic heterocycles. The smallest absolute Gasteiger partial charge is 0.243 e. The molecule has 154 valence electrons. The fraction of sp³-hybridized carbons (Fsp3) is 0.400. The van der Waals surface area contributed by atoms with Crippen molar-refractivity contribution in [2.24, 2.45) is 0 Å². The highest BCUT2D eigenvalue weighted by Gasteiger charge is 2.40. The van der Waals surface area contributed by atoms with Crippen LogP contribution in [0.2, 0.25) is 0 Å². The third-order valence-electron chi connectivity index (χ3n) is 5.07. The van der Waals surface area contributed by atoms with E-state index in [0.29, 0.717) is 23.7 Å². The predicted octanol–water partition coefficient (Wildman–Crippen LogP) is 1.78. The Morgan fingerprint density at radius 1 is 1.07 bits per heavy atom. The summed E-state index contributed by atoms with van der Waals surface area (Å²) < 4.78 is 33.4. The van der Waals surface area contributed by atoms with Crippen molar-refractivity contribution >= 4 is 27.7 Å². The van der Waals surface area contributed by atoms with Crippen LogP contribution in [0.5, 0.6) is 0 Å². The highest BCUT2D eigenvalue weighted by molar-refractivity contribution is 8.00. The van der Waals surface area contributed by atoms with Crippen LogP contribution >= 0.6 is 11.8 Å². The van der Waals surface area contributed by atoms with E-state index in [9.17, 15) is 13.2 Å². The molecule has 0 saturated carbocycles. The molecular weight excluding hydrogens is 410 g/mol. The van der Waals surface area contributed by atoms with Gasteiger partial charge in [0.05, 0.1) is 22.9 Å². The number of hydrogen-bond donors (Lipinski definition) is 0. The lowest BCUT2D eigenvalue weighted by Gasteiger charge is -2.45. The SMILES string of the molecule is Cc1ccc(S(=O)(=O)N2C[C@H]3CN(C(=O)CSc4ccncc4)C[C@@H](C2)O3)cc1. The Hall–Kier alpha value is -1.94. The minimum Gasteiger partial charge on any atom is -0.369 e. The summed E-state index contributed by atoms with van der Waals surface area (Å²) in [4.78, 5) is 19.7. The second-order valence-corrected chi connectivity index (χ2v) is 10.3. The van der Waals surface area contributed by atoms with E-state index >= 15 is 0 Å². The molecule has 0 unspecified atom stereocenters. The van der Waals surface area contributed by atoms with Crippen LogP contribution in [0.1, 0.15) is 5.56 Å². The van der Waals surface area contributed by atoms with Gasteiger partial charge in [0, 0.05) is 43.5 Å². The zero-order valence-corrected chi connectivity index (χ0v) is 17.7. The molecule has 2 saturated heterocycles. The molecule has 2 bridgehead atoms. The van der Waals surface area contributed by atoms with Crippen molar-refractivity contribution in [1.82, 2.24) is 14.2 Å². The van der Waals surface area contributed by atoms with E-state index in [0.717, 1.165) is 10.5 Å². The standard InChI is InChI=1S/C20H23N3O4S2/c1-15-2-4-19(5-3-15)29(25,26)23-12-16-10-22(11-17(13-23)27-16)20(24)14-28-18-6-8-21-9-7-18/h2-9,16-17H,10-14H2,1H3/t16-,17+. The Morgan fingerprint density at radius 2 is 1.69 bits per heavy atom. The molecule has 0 aliphatic carbocycles. The van der Waals surface area contributed by atoms with Crippen LogP contribution < -0.4 is 0 Å². The maximum Gasteiger partial charge on any atom is 0.243 e. The number of carbonyl (C=O) groups is 1. The normalized spacial score (nSPS) is 22.4. The maximum atomic E-state index is 13.0. The molecule has 3 heterocycles. The average Bonchev–Trinajstić information content (AvgIpc) is 2.72. The molecule has 29 heavy (non-hydrogen) atoms. The first-order valence-corrected chi connectivity index (χ1v) is 11.9. The number of carbonyl (C=O) groups excluding carboxylic acids is 1. The van der Waals surface area contributed by atoms with Gasteiger partial charge in [-0.05, 0) is 31.2 Å². The Bertz CT molecular complexity index is 953. The molecule has 1 aromatic carbocycles. The Balaban J connectivity index is 1.38. The molecule has 2 atom stereocenters. The van der Waals surface area contributed by atoms with Gasteiger partial charge in [-0.25, -0.2) is 8.42 Å². The molecule has 4 rings (SSSR count). The second-order valence-electron chi connectivity index (χ2n) is 7.29. The number of thioether (sulfide) groups is 1. The minimum absolute atomic E-state index is 0.0416. The number of aryl methyl sites for hydroxylation is 1. The molecule has 0 spiro atoms. The van der Waals surface area contributed by atoms with Crippen molar-refractivity contribution in [3.05, 3.63) is 54.4 Å². The van der Waals surface area contributed by atoms with Gasteiger partial charge in [0.25, 0.3) is 0 Å². The molecule has 0 radical (unpaired) electrons. The second kappa shape index (κ2) is 8.43. The van der Waals surface area contributed by atoms with E-state index in [1.807, 2.05) is 19.1 Å². The third-order valence-corrected chi connectivity index (χ3v) is 7.91. The number of morpholine rings is 2. The lowest BCUT2D eigenvalue weighted by atomic mass is 10.1. The van der Waals surface area contributed by atoms with Crippen LogP contribution in [0.15, 0.2) is 58.6 Å². The summed E-state index contributed by atoms with van der Waals surface area (Å²) in [5, 5.41) is 0. The highest BCUT2D eigenvalue weighted by Crippen LogP contribution is 2.26. The van der Waals surface area contributed by atoms with Crippen molar-refractivity contribution in [1.29, 1.82) is 0 Å². The fourth-order valence-electron chi connectivity index (χ4n) is 3.58. The van der Waals surface area contributed by atoms with Crippen molar-refractivity contribution < 1.29 is 17.9 Å².